The molecule has 0 fully saturated rings. The summed E-state index contributed by atoms with van der Waals surface area (Å²) in [5, 5.41) is 17.8. The number of rotatable bonds is 5. The molecule has 8 heteroatoms. The van der Waals surface area contributed by atoms with Crippen LogP contribution in [0, 0.1) is 6.92 Å². The van der Waals surface area contributed by atoms with Crippen molar-refractivity contribution in [1.29, 1.82) is 0 Å². The summed E-state index contributed by atoms with van der Waals surface area (Å²) in [4.78, 5) is 29.7. The summed E-state index contributed by atoms with van der Waals surface area (Å²) < 4.78 is 1.34. The highest BCUT2D eigenvalue weighted by molar-refractivity contribution is 6.05. The van der Waals surface area contributed by atoms with Gasteiger partial charge in [0.05, 0.1) is 24.7 Å². The largest absolute Gasteiger partial charge is 0.476 e. The Bertz CT molecular complexity index is 1100. The molecular formula is C22H24N4O4. The van der Waals surface area contributed by atoms with Gasteiger partial charge >= 0.3 is 5.97 Å². The Kier molecular flexibility index (Phi) is 5.71. The van der Waals surface area contributed by atoms with Gasteiger partial charge in [-0.15, -0.1) is 5.10 Å². The first kappa shape index (κ1) is 21.2. The van der Waals surface area contributed by atoms with E-state index in [2.05, 4.69) is 31.1 Å². The van der Waals surface area contributed by atoms with Crippen molar-refractivity contribution in [1.82, 2.24) is 15.0 Å². The summed E-state index contributed by atoms with van der Waals surface area (Å²) in [7, 11) is 1.44. The van der Waals surface area contributed by atoms with Gasteiger partial charge in [0.15, 0.2) is 5.69 Å². The monoisotopic (exact) mass is 408 g/mol. The molecule has 0 saturated carbocycles. The van der Waals surface area contributed by atoms with Gasteiger partial charge in [-0.05, 0) is 47.7 Å². The smallest absolute Gasteiger partial charge is 0.358 e. The van der Waals surface area contributed by atoms with Crippen molar-refractivity contribution in [2.45, 2.75) is 33.1 Å². The van der Waals surface area contributed by atoms with Crippen LogP contribution in [0.5, 0.6) is 0 Å². The molecule has 0 aliphatic rings. The maximum Gasteiger partial charge on any atom is 0.358 e. The van der Waals surface area contributed by atoms with E-state index in [9.17, 15) is 9.59 Å². The van der Waals surface area contributed by atoms with E-state index in [-0.39, 0.29) is 17.0 Å². The Labute approximate surface area is 174 Å². The van der Waals surface area contributed by atoms with Crippen molar-refractivity contribution in [2.75, 3.05) is 12.2 Å². The van der Waals surface area contributed by atoms with Crippen molar-refractivity contribution in [3.8, 4) is 5.69 Å². The van der Waals surface area contributed by atoms with E-state index >= 15 is 0 Å². The number of amides is 1. The maximum absolute atomic E-state index is 13.2. The van der Waals surface area contributed by atoms with E-state index < -0.39 is 5.97 Å². The maximum atomic E-state index is 13.2. The highest BCUT2D eigenvalue weighted by Crippen LogP contribution is 2.27. The zero-order chi connectivity index (χ0) is 22.1. The highest BCUT2D eigenvalue weighted by Gasteiger charge is 2.22. The van der Waals surface area contributed by atoms with Crippen LogP contribution in [-0.4, -0.2) is 39.1 Å². The van der Waals surface area contributed by atoms with Crippen LogP contribution >= 0.6 is 0 Å². The molecule has 156 valence electrons. The number of carboxylic acids is 1. The molecule has 1 N–H and O–H groups in total. The third-order valence-electron chi connectivity index (χ3n) is 4.73. The number of hydroxylamine groups is 1. The summed E-state index contributed by atoms with van der Waals surface area (Å²) >= 11 is 0. The van der Waals surface area contributed by atoms with Gasteiger partial charge in [0.25, 0.3) is 5.91 Å². The molecular weight excluding hydrogens is 384 g/mol. The van der Waals surface area contributed by atoms with Crippen LogP contribution in [0.2, 0.25) is 0 Å². The molecule has 8 nitrogen and oxygen atoms in total. The summed E-state index contributed by atoms with van der Waals surface area (Å²) in [5.74, 6) is -1.53. The second kappa shape index (κ2) is 8.08. The fourth-order valence-electron chi connectivity index (χ4n) is 2.99. The van der Waals surface area contributed by atoms with Crippen molar-refractivity contribution in [3.05, 3.63) is 71.0 Å². The number of carboxylic acid groups (broad SMARTS) is 1. The van der Waals surface area contributed by atoms with Gasteiger partial charge in [0, 0.05) is 5.56 Å². The summed E-state index contributed by atoms with van der Waals surface area (Å²) in [6.45, 7) is 8.13. The SMILES string of the molecule is CON(C(=O)c1ccc(C)c(-n2cc(C(=O)O)nn2)c1)c1cccc(C(C)(C)C)c1. The number of aromatic nitrogens is 3. The van der Waals surface area contributed by atoms with Gasteiger partial charge in [0.2, 0.25) is 0 Å². The number of aryl methyl sites for hydroxylation is 1. The number of nitrogens with zero attached hydrogens (tertiary/aromatic N) is 4. The number of hydrogen-bond acceptors (Lipinski definition) is 5. The van der Waals surface area contributed by atoms with E-state index in [1.54, 1.807) is 18.2 Å². The average molecular weight is 408 g/mol. The molecule has 0 saturated heterocycles. The topological polar surface area (TPSA) is 97.5 Å². The standard InChI is InChI=1S/C22H24N4O4/c1-14-9-10-15(11-19(14)25-13-18(21(28)29)23-24-25)20(27)26(30-5)17-8-6-7-16(12-17)22(2,3)4/h6-13H,1-5H3,(H,28,29). The number of carbonyl (C=O) groups is 2. The van der Waals surface area contributed by atoms with Gasteiger partial charge < -0.3 is 5.11 Å². The molecule has 0 radical (unpaired) electrons. The molecule has 3 aromatic rings. The molecule has 1 amide bonds. The van der Waals surface area contributed by atoms with Gasteiger partial charge in [-0.2, -0.15) is 5.06 Å². The average Bonchev–Trinajstić information content (AvgIpc) is 3.19. The molecule has 0 unspecified atom stereocenters. The number of aromatic carboxylic acids is 1. The molecule has 1 aromatic heterocycles. The van der Waals surface area contributed by atoms with E-state index in [1.165, 1.54) is 23.1 Å². The molecule has 3 rings (SSSR count). The van der Waals surface area contributed by atoms with Gasteiger partial charge in [-0.25, -0.2) is 9.48 Å². The van der Waals surface area contributed by atoms with Crippen LogP contribution < -0.4 is 5.06 Å². The van der Waals surface area contributed by atoms with Crippen molar-refractivity contribution < 1.29 is 19.5 Å². The van der Waals surface area contributed by atoms with Crippen LogP contribution in [0.25, 0.3) is 5.69 Å². The van der Waals surface area contributed by atoms with E-state index in [0.717, 1.165) is 11.1 Å². The summed E-state index contributed by atoms with van der Waals surface area (Å²) in [5.41, 5.74) is 3.17. The summed E-state index contributed by atoms with van der Waals surface area (Å²) in [6, 6.07) is 12.7. The zero-order valence-corrected chi connectivity index (χ0v) is 17.6. The van der Waals surface area contributed by atoms with Gasteiger partial charge in [-0.3, -0.25) is 9.63 Å². The second-order valence-electron chi connectivity index (χ2n) is 7.94. The van der Waals surface area contributed by atoms with Crippen molar-refractivity contribution in [3.63, 3.8) is 0 Å². The fraction of sp³-hybridized carbons (Fsp3) is 0.273. The minimum Gasteiger partial charge on any atom is -0.476 e. The van der Waals surface area contributed by atoms with Crippen LogP contribution in [-0.2, 0) is 10.3 Å². The first-order valence-corrected chi connectivity index (χ1v) is 9.37. The van der Waals surface area contributed by atoms with Crippen LogP contribution in [0.4, 0.5) is 5.69 Å². The predicted octanol–water partition coefficient (Wildman–Crippen LogP) is 3.78. The summed E-state index contributed by atoms with van der Waals surface area (Å²) in [6.07, 6.45) is 1.31. The number of anilines is 1. The third kappa shape index (κ3) is 4.23. The molecule has 2 aromatic carbocycles. The lowest BCUT2D eigenvalue weighted by Crippen LogP contribution is -2.30. The first-order chi connectivity index (χ1) is 14.1. The van der Waals surface area contributed by atoms with Gasteiger partial charge in [0.1, 0.15) is 0 Å². The Morgan fingerprint density at radius 1 is 1.13 bits per heavy atom. The zero-order valence-electron chi connectivity index (χ0n) is 17.6. The number of hydrogen-bond donors (Lipinski definition) is 1. The Balaban J connectivity index is 1.98. The first-order valence-electron chi connectivity index (χ1n) is 9.37. The second-order valence-corrected chi connectivity index (χ2v) is 7.94. The molecule has 0 aliphatic carbocycles. The quantitative estimate of drug-likeness (QED) is 0.645. The molecule has 1 heterocycles. The highest BCUT2D eigenvalue weighted by atomic mass is 16.7. The van der Waals surface area contributed by atoms with E-state index in [4.69, 9.17) is 9.94 Å². The third-order valence-corrected chi connectivity index (χ3v) is 4.73. The molecule has 0 aliphatic heterocycles. The number of carbonyl (C=O) groups excluding carboxylic acids is 1. The lowest BCUT2D eigenvalue weighted by Gasteiger charge is -2.24. The fourth-order valence-corrected chi connectivity index (χ4v) is 2.99. The Morgan fingerprint density at radius 2 is 1.87 bits per heavy atom. The molecule has 30 heavy (non-hydrogen) atoms. The normalized spacial score (nSPS) is 11.4. The van der Waals surface area contributed by atoms with Crippen LogP contribution in [0.15, 0.2) is 48.7 Å². The minimum absolute atomic E-state index is 0.0789. The molecule has 0 bridgehead atoms. The Morgan fingerprint density at radius 3 is 2.47 bits per heavy atom. The lowest BCUT2D eigenvalue weighted by molar-refractivity contribution is 0.0689. The molecule has 0 spiro atoms. The number of benzene rings is 2. The Hall–Kier alpha value is -3.52. The lowest BCUT2D eigenvalue weighted by atomic mass is 9.87. The minimum atomic E-state index is -1.17. The predicted molar refractivity (Wildman–Crippen MR) is 112 cm³/mol. The van der Waals surface area contributed by atoms with Gasteiger partial charge in [-0.1, -0.05) is 44.2 Å². The van der Waals surface area contributed by atoms with Crippen molar-refractivity contribution in [2.24, 2.45) is 0 Å². The van der Waals surface area contributed by atoms with E-state index in [0.29, 0.717) is 16.9 Å². The molecule has 0 atom stereocenters. The van der Waals surface area contributed by atoms with Crippen LogP contribution in [0.3, 0.4) is 0 Å². The van der Waals surface area contributed by atoms with Crippen LogP contribution in [0.1, 0.15) is 52.7 Å². The van der Waals surface area contributed by atoms with E-state index in [1.807, 2.05) is 31.2 Å². The van der Waals surface area contributed by atoms with Crippen molar-refractivity contribution >= 4 is 17.6 Å².